The normalized spacial score (nSPS) is 31.0. The van der Waals surface area contributed by atoms with Crippen LogP contribution in [0, 0.1) is 5.92 Å². The van der Waals surface area contributed by atoms with Gasteiger partial charge in [0.2, 0.25) is 6.29 Å². The van der Waals surface area contributed by atoms with Crippen molar-refractivity contribution in [2.75, 3.05) is 0 Å². The van der Waals surface area contributed by atoms with Gasteiger partial charge in [-0.25, -0.2) is 0 Å². The SMILES string of the molecule is C[C@@H]1CC(=O)c2c(ccc3c2C(=O)c2cccc(O[C@@H]4O[C@@H](C)[C@H](O)[C@@H](O)[C@@H]4O)c2C3=O)C1. The lowest BCUT2D eigenvalue weighted by atomic mass is 9.74. The van der Waals surface area contributed by atoms with Crippen LogP contribution in [0.1, 0.15) is 68.0 Å². The number of fused-ring (bicyclic) bond motifs is 4. The fourth-order valence-electron chi connectivity index (χ4n) is 4.98. The Bertz CT molecular complexity index is 1190. The predicted octanol–water partition coefficient (Wildman–Crippen LogP) is 1.43. The van der Waals surface area contributed by atoms with E-state index in [2.05, 4.69) is 0 Å². The summed E-state index contributed by atoms with van der Waals surface area (Å²) in [5.74, 6) is -0.864. The summed E-state index contributed by atoms with van der Waals surface area (Å²) in [6.07, 6.45) is -5.58. The number of hydrogen-bond acceptors (Lipinski definition) is 8. The molecule has 172 valence electrons. The number of carbonyl (C=O) groups excluding carboxylic acids is 3. The van der Waals surface area contributed by atoms with Crippen molar-refractivity contribution in [2.24, 2.45) is 5.92 Å². The zero-order valence-electron chi connectivity index (χ0n) is 18.1. The number of ketones is 3. The van der Waals surface area contributed by atoms with Gasteiger partial charge in [0.05, 0.1) is 11.7 Å². The second kappa shape index (κ2) is 7.85. The second-order valence-corrected chi connectivity index (χ2v) is 9.10. The summed E-state index contributed by atoms with van der Waals surface area (Å²) in [5, 5.41) is 30.3. The molecule has 0 radical (unpaired) electrons. The number of Topliss-reactive ketones (excluding diaryl/α,β-unsaturated/α-hetero) is 1. The molecule has 0 saturated carbocycles. The van der Waals surface area contributed by atoms with Gasteiger partial charge in [-0.15, -0.1) is 0 Å². The van der Waals surface area contributed by atoms with Crippen LogP contribution in [0.2, 0.25) is 0 Å². The van der Waals surface area contributed by atoms with Crippen molar-refractivity contribution in [1.82, 2.24) is 0 Å². The van der Waals surface area contributed by atoms with E-state index in [1.807, 2.05) is 6.92 Å². The van der Waals surface area contributed by atoms with Crippen molar-refractivity contribution in [1.29, 1.82) is 0 Å². The van der Waals surface area contributed by atoms with Gasteiger partial charge >= 0.3 is 0 Å². The highest BCUT2D eigenvalue weighted by Gasteiger charge is 2.44. The maximum absolute atomic E-state index is 13.5. The van der Waals surface area contributed by atoms with E-state index in [1.54, 1.807) is 12.1 Å². The van der Waals surface area contributed by atoms with Crippen molar-refractivity contribution >= 4 is 17.3 Å². The van der Waals surface area contributed by atoms with Gasteiger partial charge in [0.25, 0.3) is 0 Å². The van der Waals surface area contributed by atoms with Crippen molar-refractivity contribution in [3.05, 3.63) is 63.7 Å². The van der Waals surface area contributed by atoms with Crippen LogP contribution in [-0.2, 0) is 11.2 Å². The average molecular weight is 452 g/mol. The molecule has 3 aliphatic rings. The molecule has 2 aliphatic carbocycles. The monoisotopic (exact) mass is 452 g/mol. The minimum absolute atomic E-state index is 0.00834. The van der Waals surface area contributed by atoms with Crippen molar-refractivity contribution in [3.63, 3.8) is 0 Å². The molecule has 0 bridgehead atoms. The van der Waals surface area contributed by atoms with E-state index in [0.29, 0.717) is 18.4 Å². The Morgan fingerprint density at radius 2 is 1.52 bits per heavy atom. The van der Waals surface area contributed by atoms with Crippen LogP contribution in [0.4, 0.5) is 0 Å². The zero-order chi connectivity index (χ0) is 23.6. The van der Waals surface area contributed by atoms with Gasteiger partial charge in [-0.05, 0) is 37.0 Å². The summed E-state index contributed by atoms with van der Waals surface area (Å²) in [6.45, 7) is 3.49. The Kier molecular flexibility index (Phi) is 5.21. The highest BCUT2D eigenvalue weighted by Crippen LogP contribution is 2.39. The second-order valence-electron chi connectivity index (χ2n) is 9.10. The first kappa shape index (κ1) is 21.9. The standard InChI is InChI=1S/C25H24O8/c1-10-8-12-6-7-14-19(17(12)15(26)9-10)22(29)13-4-3-5-16(18(13)21(14)28)33-25-24(31)23(30)20(27)11(2)32-25/h3-7,10-11,20,23-25,27,30-31H,8-9H2,1-2H3/t10-,11-,20-,23+,24-,25-/m0/s1. The minimum atomic E-state index is -1.57. The Labute approximate surface area is 189 Å². The molecule has 5 rings (SSSR count). The van der Waals surface area contributed by atoms with E-state index >= 15 is 0 Å². The number of carbonyl (C=O) groups is 3. The lowest BCUT2D eigenvalue weighted by molar-refractivity contribution is -0.268. The number of hydrogen-bond donors (Lipinski definition) is 3. The number of rotatable bonds is 2. The van der Waals surface area contributed by atoms with E-state index in [0.717, 1.165) is 5.56 Å². The Hall–Kier alpha value is -2.91. The van der Waals surface area contributed by atoms with Crippen LogP contribution in [0.25, 0.3) is 0 Å². The molecule has 8 nitrogen and oxygen atoms in total. The van der Waals surface area contributed by atoms with E-state index in [-0.39, 0.29) is 39.7 Å². The van der Waals surface area contributed by atoms with Crippen LogP contribution in [0.3, 0.4) is 0 Å². The molecule has 33 heavy (non-hydrogen) atoms. The number of benzene rings is 2. The molecule has 8 heteroatoms. The van der Waals surface area contributed by atoms with Gasteiger partial charge in [0.1, 0.15) is 24.1 Å². The molecular weight excluding hydrogens is 428 g/mol. The highest BCUT2D eigenvalue weighted by molar-refractivity contribution is 6.32. The van der Waals surface area contributed by atoms with Crippen LogP contribution < -0.4 is 4.74 Å². The third-order valence-corrected chi connectivity index (χ3v) is 6.69. The molecule has 6 atom stereocenters. The van der Waals surface area contributed by atoms with Crippen molar-refractivity contribution in [2.45, 2.75) is 57.4 Å². The fraction of sp³-hybridized carbons (Fsp3) is 0.400. The Morgan fingerprint density at radius 3 is 2.27 bits per heavy atom. The number of aliphatic hydroxyl groups is 3. The van der Waals surface area contributed by atoms with E-state index in [4.69, 9.17) is 9.47 Å². The molecule has 1 aliphatic heterocycles. The third-order valence-electron chi connectivity index (χ3n) is 6.69. The van der Waals surface area contributed by atoms with Crippen LogP contribution in [0.5, 0.6) is 5.75 Å². The molecular formula is C25H24O8. The summed E-state index contributed by atoms with van der Waals surface area (Å²) in [4.78, 5) is 39.8. The first-order chi connectivity index (χ1) is 15.7. The van der Waals surface area contributed by atoms with Crippen LogP contribution in [-0.4, -0.2) is 63.4 Å². The summed E-state index contributed by atoms with van der Waals surface area (Å²) in [7, 11) is 0. The van der Waals surface area contributed by atoms with Crippen LogP contribution in [0.15, 0.2) is 30.3 Å². The summed E-state index contributed by atoms with van der Waals surface area (Å²) in [5.41, 5.74) is 1.49. The maximum atomic E-state index is 13.5. The van der Waals surface area contributed by atoms with Crippen LogP contribution >= 0.6 is 0 Å². The zero-order valence-corrected chi connectivity index (χ0v) is 18.1. The molecule has 2 aromatic rings. The average Bonchev–Trinajstić information content (AvgIpc) is 2.78. The van der Waals surface area contributed by atoms with Gasteiger partial charge in [-0.1, -0.05) is 25.1 Å². The summed E-state index contributed by atoms with van der Waals surface area (Å²) in [6, 6.07) is 7.81. The number of ether oxygens (including phenoxy) is 2. The van der Waals surface area contributed by atoms with E-state index in [9.17, 15) is 29.7 Å². The minimum Gasteiger partial charge on any atom is -0.461 e. The van der Waals surface area contributed by atoms with Gasteiger partial charge in [-0.3, -0.25) is 14.4 Å². The third kappa shape index (κ3) is 3.33. The fourth-order valence-corrected chi connectivity index (χ4v) is 4.98. The highest BCUT2D eigenvalue weighted by atomic mass is 16.7. The molecule has 2 aromatic carbocycles. The lowest BCUT2D eigenvalue weighted by Crippen LogP contribution is -2.58. The smallest absolute Gasteiger partial charge is 0.229 e. The molecule has 1 fully saturated rings. The first-order valence-corrected chi connectivity index (χ1v) is 11.0. The molecule has 0 spiro atoms. The lowest BCUT2D eigenvalue weighted by Gasteiger charge is -2.39. The van der Waals surface area contributed by atoms with Gasteiger partial charge < -0.3 is 24.8 Å². The Morgan fingerprint density at radius 1 is 0.818 bits per heavy atom. The largest absolute Gasteiger partial charge is 0.461 e. The van der Waals surface area contributed by atoms with Crippen molar-refractivity contribution < 1.29 is 39.2 Å². The maximum Gasteiger partial charge on any atom is 0.229 e. The van der Waals surface area contributed by atoms with E-state index < -0.39 is 42.3 Å². The first-order valence-electron chi connectivity index (χ1n) is 11.0. The molecule has 0 unspecified atom stereocenters. The van der Waals surface area contributed by atoms with Gasteiger partial charge in [0, 0.05) is 28.7 Å². The quantitative estimate of drug-likeness (QED) is 0.532. The predicted molar refractivity (Wildman–Crippen MR) is 115 cm³/mol. The molecule has 0 amide bonds. The van der Waals surface area contributed by atoms with Crippen molar-refractivity contribution in [3.8, 4) is 5.75 Å². The van der Waals surface area contributed by atoms with Gasteiger partial charge in [-0.2, -0.15) is 0 Å². The molecule has 1 heterocycles. The van der Waals surface area contributed by atoms with Gasteiger partial charge in [0.15, 0.2) is 17.3 Å². The topological polar surface area (TPSA) is 130 Å². The molecule has 1 saturated heterocycles. The Balaban J connectivity index is 1.57. The number of aliphatic hydroxyl groups excluding tert-OH is 3. The summed E-state index contributed by atoms with van der Waals surface area (Å²) < 4.78 is 11.2. The molecule has 0 aromatic heterocycles. The molecule has 3 N–H and O–H groups in total. The van der Waals surface area contributed by atoms with E-state index in [1.165, 1.54) is 25.1 Å². The summed E-state index contributed by atoms with van der Waals surface area (Å²) >= 11 is 0.